The smallest absolute Gasteiger partial charge is 0.326 e. The van der Waals surface area contributed by atoms with Crippen molar-refractivity contribution < 1.29 is 29.4 Å². The third kappa shape index (κ3) is 10.6. The topological polar surface area (TPSA) is 235 Å². The SMILES string of the molecule is CC(C)C(NC(=O)C(N)C(C)O)C(=O)NCC(=O)NC(CCCN=C(N)N)C(=O)O. The quantitative estimate of drug-likeness (QED) is 0.0821. The first-order chi connectivity index (χ1) is 13.9. The Morgan fingerprint density at radius 3 is 2.10 bits per heavy atom. The molecule has 11 N–H and O–H groups in total. The zero-order valence-corrected chi connectivity index (χ0v) is 17.4. The number of carboxylic acid groups (broad SMARTS) is 1. The molecular weight excluding hydrogens is 398 g/mol. The van der Waals surface area contributed by atoms with E-state index in [2.05, 4.69) is 20.9 Å². The molecule has 0 aliphatic rings. The highest BCUT2D eigenvalue weighted by Crippen LogP contribution is 2.03. The molecule has 0 saturated heterocycles. The van der Waals surface area contributed by atoms with Crippen LogP contribution in [0, 0.1) is 5.92 Å². The van der Waals surface area contributed by atoms with Gasteiger partial charge in [0.25, 0.3) is 0 Å². The lowest BCUT2D eigenvalue weighted by molar-refractivity contribution is -0.142. The molecule has 4 unspecified atom stereocenters. The largest absolute Gasteiger partial charge is 0.480 e. The van der Waals surface area contributed by atoms with Gasteiger partial charge in [0, 0.05) is 6.54 Å². The van der Waals surface area contributed by atoms with Crippen LogP contribution >= 0.6 is 0 Å². The van der Waals surface area contributed by atoms with Crippen LogP contribution in [0.25, 0.3) is 0 Å². The average Bonchev–Trinajstić information content (AvgIpc) is 2.64. The second kappa shape index (κ2) is 13.3. The summed E-state index contributed by atoms with van der Waals surface area (Å²) in [6, 6.07) is -3.38. The fourth-order valence-electron chi connectivity index (χ4n) is 2.29. The number of amides is 3. The number of guanidine groups is 1. The number of aliphatic hydroxyl groups is 1. The Labute approximate surface area is 174 Å². The summed E-state index contributed by atoms with van der Waals surface area (Å²) < 4.78 is 0. The predicted octanol–water partition coefficient (Wildman–Crippen LogP) is -3.43. The van der Waals surface area contributed by atoms with Crippen molar-refractivity contribution in [3.8, 4) is 0 Å². The van der Waals surface area contributed by atoms with Gasteiger partial charge in [-0.15, -0.1) is 0 Å². The highest BCUT2D eigenvalue weighted by atomic mass is 16.4. The summed E-state index contributed by atoms with van der Waals surface area (Å²) in [5.41, 5.74) is 15.9. The standard InChI is InChI=1S/C17H33N7O6/c1-8(2)13(24-14(27)12(18)9(3)25)15(28)22-7-11(26)23-10(16(29)30)5-4-6-21-17(19)20/h8-10,12-13,25H,4-7,18H2,1-3H3,(H,22,28)(H,23,26)(H,24,27)(H,29,30)(H4,19,20,21). The molecule has 0 radical (unpaired) electrons. The Balaban J connectivity index is 4.71. The molecule has 13 heteroatoms. The van der Waals surface area contributed by atoms with E-state index >= 15 is 0 Å². The van der Waals surface area contributed by atoms with Crippen LogP contribution in [-0.4, -0.2) is 77.2 Å². The molecule has 0 spiro atoms. The molecule has 0 aromatic carbocycles. The summed E-state index contributed by atoms with van der Waals surface area (Å²) in [7, 11) is 0. The number of rotatable bonds is 13. The second-order valence-electron chi connectivity index (χ2n) is 7.12. The van der Waals surface area contributed by atoms with Crippen LogP contribution in [0.1, 0.15) is 33.6 Å². The first-order valence-electron chi connectivity index (χ1n) is 9.46. The Kier molecular flexibility index (Phi) is 12.0. The molecule has 3 amide bonds. The molecule has 0 heterocycles. The number of aliphatic hydroxyl groups excluding tert-OH is 1. The van der Waals surface area contributed by atoms with Gasteiger partial charge < -0.3 is 43.4 Å². The number of carbonyl (C=O) groups is 4. The third-order valence-electron chi connectivity index (χ3n) is 4.07. The molecule has 0 rings (SSSR count). The fraction of sp³-hybridized carbons (Fsp3) is 0.706. The lowest BCUT2D eigenvalue weighted by atomic mass is 10.0. The van der Waals surface area contributed by atoms with Gasteiger partial charge in [0.15, 0.2) is 5.96 Å². The Morgan fingerprint density at radius 1 is 1.03 bits per heavy atom. The van der Waals surface area contributed by atoms with Crippen LogP contribution in [0.2, 0.25) is 0 Å². The summed E-state index contributed by atoms with van der Waals surface area (Å²) in [6.07, 6.45) is -0.688. The van der Waals surface area contributed by atoms with Gasteiger partial charge in [-0.25, -0.2) is 4.79 Å². The van der Waals surface area contributed by atoms with E-state index in [1.807, 2.05) is 0 Å². The zero-order chi connectivity index (χ0) is 23.4. The maximum absolute atomic E-state index is 12.3. The lowest BCUT2D eigenvalue weighted by Gasteiger charge is -2.24. The monoisotopic (exact) mass is 431 g/mol. The van der Waals surface area contributed by atoms with Crippen molar-refractivity contribution in [2.75, 3.05) is 13.1 Å². The number of carbonyl (C=O) groups excluding carboxylic acids is 3. The van der Waals surface area contributed by atoms with Gasteiger partial charge in [0.05, 0.1) is 12.6 Å². The van der Waals surface area contributed by atoms with Crippen molar-refractivity contribution in [2.24, 2.45) is 28.1 Å². The number of hydrogen-bond donors (Lipinski definition) is 8. The molecule has 4 atom stereocenters. The van der Waals surface area contributed by atoms with Crippen LogP contribution in [-0.2, 0) is 19.2 Å². The van der Waals surface area contributed by atoms with Crippen LogP contribution in [0.3, 0.4) is 0 Å². The van der Waals surface area contributed by atoms with Gasteiger partial charge in [-0.2, -0.15) is 0 Å². The third-order valence-corrected chi connectivity index (χ3v) is 4.07. The minimum absolute atomic E-state index is 0.0910. The van der Waals surface area contributed by atoms with Gasteiger partial charge in [0.2, 0.25) is 17.7 Å². The van der Waals surface area contributed by atoms with Crippen LogP contribution < -0.4 is 33.2 Å². The molecule has 0 saturated carbocycles. The first kappa shape index (κ1) is 27.1. The summed E-state index contributed by atoms with van der Waals surface area (Å²) >= 11 is 0. The molecule has 0 aliphatic carbocycles. The maximum atomic E-state index is 12.3. The lowest BCUT2D eigenvalue weighted by Crippen LogP contribution is -2.57. The van der Waals surface area contributed by atoms with Crippen molar-refractivity contribution in [3.63, 3.8) is 0 Å². The van der Waals surface area contributed by atoms with Crippen LogP contribution in [0.5, 0.6) is 0 Å². The van der Waals surface area contributed by atoms with Crippen molar-refractivity contribution in [1.82, 2.24) is 16.0 Å². The molecule has 0 aromatic heterocycles. The summed E-state index contributed by atoms with van der Waals surface area (Å²) in [5.74, 6) is -3.76. The fourth-order valence-corrected chi connectivity index (χ4v) is 2.29. The van der Waals surface area contributed by atoms with E-state index in [-0.39, 0.29) is 24.8 Å². The number of carboxylic acids is 1. The minimum Gasteiger partial charge on any atom is -0.480 e. The normalized spacial score (nSPS) is 14.7. The van der Waals surface area contributed by atoms with E-state index in [1.54, 1.807) is 13.8 Å². The molecule has 0 fully saturated rings. The second-order valence-corrected chi connectivity index (χ2v) is 7.12. The van der Waals surface area contributed by atoms with E-state index in [0.29, 0.717) is 6.42 Å². The Morgan fingerprint density at radius 2 is 1.63 bits per heavy atom. The number of hydrogen-bond acceptors (Lipinski definition) is 7. The highest BCUT2D eigenvalue weighted by Gasteiger charge is 2.28. The van der Waals surface area contributed by atoms with Gasteiger partial charge in [0.1, 0.15) is 18.1 Å². The van der Waals surface area contributed by atoms with Gasteiger partial charge in [-0.3, -0.25) is 19.4 Å². The minimum atomic E-state index is -1.24. The van der Waals surface area contributed by atoms with Gasteiger partial charge in [-0.1, -0.05) is 13.8 Å². The number of aliphatic carboxylic acids is 1. The van der Waals surface area contributed by atoms with E-state index in [0.717, 1.165) is 0 Å². The highest BCUT2D eigenvalue weighted by molar-refractivity contribution is 5.92. The van der Waals surface area contributed by atoms with Crippen molar-refractivity contribution >= 4 is 29.7 Å². The van der Waals surface area contributed by atoms with E-state index < -0.39 is 54.5 Å². The number of nitrogens with zero attached hydrogens (tertiary/aromatic N) is 1. The van der Waals surface area contributed by atoms with Crippen molar-refractivity contribution in [2.45, 2.75) is 57.8 Å². The Hall–Kier alpha value is -2.93. The molecule has 172 valence electrons. The number of nitrogens with two attached hydrogens (primary N) is 3. The van der Waals surface area contributed by atoms with Crippen molar-refractivity contribution in [3.05, 3.63) is 0 Å². The molecule has 30 heavy (non-hydrogen) atoms. The van der Waals surface area contributed by atoms with E-state index in [4.69, 9.17) is 17.2 Å². The molecule has 0 aromatic rings. The van der Waals surface area contributed by atoms with E-state index in [1.165, 1.54) is 6.92 Å². The Bertz CT molecular complexity index is 634. The predicted molar refractivity (Wildman–Crippen MR) is 109 cm³/mol. The maximum Gasteiger partial charge on any atom is 0.326 e. The summed E-state index contributed by atoms with van der Waals surface area (Å²) in [4.78, 5) is 51.3. The summed E-state index contributed by atoms with van der Waals surface area (Å²) in [5, 5.41) is 25.7. The average molecular weight is 431 g/mol. The van der Waals surface area contributed by atoms with Crippen LogP contribution in [0.4, 0.5) is 0 Å². The zero-order valence-electron chi connectivity index (χ0n) is 17.4. The molecule has 13 nitrogen and oxygen atoms in total. The number of nitrogens with one attached hydrogen (secondary N) is 3. The van der Waals surface area contributed by atoms with E-state index in [9.17, 15) is 29.4 Å². The molecular formula is C17H33N7O6. The van der Waals surface area contributed by atoms with Gasteiger partial charge >= 0.3 is 5.97 Å². The summed E-state index contributed by atoms with van der Waals surface area (Å²) in [6.45, 7) is 4.42. The van der Waals surface area contributed by atoms with Crippen molar-refractivity contribution in [1.29, 1.82) is 0 Å². The molecule has 0 bridgehead atoms. The van der Waals surface area contributed by atoms with Crippen LogP contribution in [0.15, 0.2) is 4.99 Å². The first-order valence-corrected chi connectivity index (χ1v) is 9.46. The van der Waals surface area contributed by atoms with Gasteiger partial charge in [-0.05, 0) is 25.7 Å². The number of aliphatic imine (C=N–C) groups is 1. The molecule has 0 aliphatic heterocycles.